The van der Waals surface area contributed by atoms with Gasteiger partial charge in [0.25, 0.3) is 5.91 Å². The van der Waals surface area contributed by atoms with E-state index in [1.165, 1.54) is 29.0 Å². The molecular formula is C11H8F2N2OS. The molecule has 0 aliphatic heterocycles. The number of hydrogen-bond donors (Lipinski definition) is 1. The van der Waals surface area contributed by atoms with Crippen molar-refractivity contribution in [2.75, 3.05) is 0 Å². The Kier molecular flexibility index (Phi) is 3.43. The normalized spacial score (nSPS) is 10.2. The van der Waals surface area contributed by atoms with Crippen molar-refractivity contribution in [2.24, 2.45) is 0 Å². The van der Waals surface area contributed by atoms with Gasteiger partial charge in [-0.25, -0.2) is 13.8 Å². The smallest absolute Gasteiger partial charge is 0.271 e. The molecule has 0 aliphatic rings. The van der Waals surface area contributed by atoms with Crippen LogP contribution in [-0.2, 0) is 6.54 Å². The fraction of sp³-hybridized carbons (Fsp3) is 0.0909. The Balaban J connectivity index is 2.00. The number of carbonyl (C=O) groups is 1. The van der Waals surface area contributed by atoms with Crippen molar-refractivity contribution < 1.29 is 13.6 Å². The van der Waals surface area contributed by atoms with Gasteiger partial charge in [0.15, 0.2) is 0 Å². The number of aromatic nitrogens is 1. The molecule has 0 aliphatic carbocycles. The van der Waals surface area contributed by atoms with Crippen molar-refractivity contribution in [1.29, 1.82) is 0 Å². The van der Waals surface area contributed by atoms with Gasteiger partial charge in [-0.2, -0.15) is 0 Å². The minimum Gasteiger partial charge on any atom is -0.347 e. The van der Waals surface area contributed by atoms with Crippen molar-refractivity contribution in [3.8, 4) is 0 Å². The Morgan fingerprint density at radius 1 is 1.29 bits per heavy atom. The van der Waals surface area contributed by atoms with Crippen LogP contribution in [0.4, 0.5) is 8.78 Å². The Morgan fingerprint density at radius 2 is 2.00 bits per heavy atom. The number of carbonyl (C=O) groups excluding carboxylic acids is 1. The molecule has 3 nitrogen and oxygen atoms in total. The van der Waals surface area contributed by atoms with Crippen molar-refractivity contribution in [3.05, 3.63) is 52.0 Å². The number of amides is 1. The Hall–Kier alpha value is -1.82. The molecule has 17 heavy (non-hydrogen) atoms. The Labute approximate surface area is 100 Å². The summed E-state index contributed by atoms with van der Waals surface area (Å²) in [6.45, 7) is 0.0606. The molecule has 0 fully saturated rings. The Bertz CT molecular complexity index is 508. The van der Waals surface area contributed by atoms with Gasteiger partial charge in [-0.3, -0.25) is 4.79 Å². The minimum absolute atomic E-state index is 0.0606. The first kappa shape index (κ1) is 11.7. The van der Waals surface area contributed by atoms with E-state index in [4.69, 9.17) is 0 Å². The van der Waals surface area contributed by atoms with Gasteiger partial charge in [0.05, 0.1) is 5.51 Å². The molecule has 6 heteroatoms. The number of benzene rings is 1. The summed E-state index contributed by atoms with van der Waals surface area (Å²) in [6.07, 6.45) is 0. The van der Waals surface area contributed by atoms with E-state index in [1.54, 1.807) is 5.38 Å². The molecule has 1 aromatic heterocycles. The summed E-state index contributed by atoms with van der Waals surface area (Å²) in [5.41, 5.74) is 2.20. The monoisotopic (exact) mass is 254 g/mol. The van der Waals surface area contributed by atoms with E-state index in [0.717, 1.165) is 6.07 Å². The van der Waals surface area contributed by atoms with Crippen molar-refractivity contribution >= 4 is 17.2 Å². The molecule has 88 valence electrons. The molecule has 1 aromatic carbocycles. The van der Waals surface area contributed by atoms with Crippen LogP contribution >= 0.6 is 11.3 Å². The second-order valence-electron chi connectivity index (χ2n) is 3.33. The van der Waals surface area contributed by atoms with Crippen LogP contribution in [0.2, 0.25) is 0 Å². The molecule has 1 heterocycles. The Morgan fingerprint density at radius 3 is 2.59 bits per heavy atom. The zero-order chi connectivity index (χ0) is 12.3. The molecule has 0 bridgehead atoms. The highest BCUT2D eigenvalue weighted by Gasteiger charge is 2.07. The molecular weight excluding hydrogens is 246 g/mol. The van der Waals surface area contributed by atoms with Gasteiger partial charge in [0.2, 0.25) is 0 Å². The lowest BCUT2D eigenvalue weighted by atomic mass is 10.2. The van der Waals surface area contributed by atoms with E-state index in [1.807, 2.05) is 0 Å². The van der Waals surface area contributed by atoms with E-state index < -0.39 is 11.6 Å². The average molecular weight is 254 g/mol. The van der Waals surface area contributed by atoms with Crippen LogP contribution < -0.4 is 5.32 Å². The average Bonchev–Trinajstić information content (AvgIpc) is 2.78. The first-order valence-corrected chi connectivity index (χ1v) is 5.71. The van der Waals surface area contributed by atoms with E-state index in [0.29, 0.717) is 11.3 Å². The molecule has 0 saturated heterocycles. The number of halogens is 2. The zero-order valence-corrected chi connectivity index (χ0v) is 9.43. The van der Waals surface area contributed by atoms with Crippen LogP contribution in [0.25, 0.3) is 0 Å². The van der Waals surface area contributed by atoms with Crippen LogP contribution in [0.5, 0.6) is 0 Å². The maximum Gasteiger partial charge on any atom is 0.271 e. The number of hydrogen-bond acceptors (Lipinski definition) is 3. The van der Waals surface area contributed by atoms with Gasteiger partial charge in [-0.15, -0.1) is 11.3 Å². The summed E-state index contributed by atoms with van der Waals surface area (Å²) in [4.78, 5) is 15.3. The van der Waals surface area contributed by atoms with E-state index in [2.05, 4.69) is 10.3 Å². The van der Waals surface area contributed by atoms with Crippen LogP contribution in [0.3, 0.4) is 0 Å². The lowest BCUT2D eigenvalue weighted by molar-refractivity contribution is 0.0946. The highest BCUT2D eigenvalue weighted by molar-refractivity contribution is 7.07. The van der Waals surface area contributed by atoms with Gasteiger partial charge in [-0.05, 0) is 17.7 Å². The van der Waals surface area contributed by atoms with Gasteiger partial charge in [0, 0.05) is 18.0 Å². The predicted molar refractivity (Wildman–Crippen MR) is 59.6 cm³/mol. The molecule has 1 N–H and O–H groups in total. The lowest BCUT2D eigenvalue weighted by Gasteiger charge is -2.04. The second kappa shape index (κ2) is 5.01. The molecule has 0 unspecified atom stereocenters. The summed E-state index contributed by atoms with van der Waals surface area (Å²) in [5.74, 6) is -1.69. The molecule has 0 atom stereocenters. The van der Waals surface area contributed by atoms with Crippen molar-refractivity contribution in [2.45, 2.75) is 6.54 Å². The highest BCUT2D eigenvalue weighted by atomic mass is 32.1. The van der Waals surface area contributed by atoms with Crippen LogP contribution in [0.15, 0.2) is 29.1 Å². The minimum atomic E-state index is -0.664. The van der Waals surface area contributed by atoms with Crippen molar-refractivity contribution in [3.63, 3.8) is 0 Å². The number of thiazole rings is 1. The first-order chi connectivity index (χ1) is 8.15. The molecule has 1 amide bonds. The van der Waals surface area contributed by atoms with Crippen LogP contribution in [-0.4, -0.2) is 10.9 Å². The quantitative estimate of drug-likeness (QED) is 0.913. The third kappa shape index (κ3) is 3.07. The fourth-order valence-electron chi connectivity index (χ4n) is 1.31. The van der Waals surface area contributed by atoms with Gasteiger partial charge in [-0.1, -0.05) is 0 Å². The lowest BCUT2D eigenvalue weighted by Crippen LogP contribution is -2.23. The first-order valence-electron chi connectivity index (χ1n) is 4.76. The molecule has 0 radical (unpaired) electrons. The number of nitrogens with one attached hydrogen (secondary N) is 1. The molecule has 2 aromatic rings. The largest absolute Gasteiger partial charge is 0.347 e. The topological polar surface area (TPSA) is 42.0 Å². The van der Waals surface area contributed by atoms with Gasteiger partial charge < -0.3 is 5.32 Å². The van der Waals surface area contributed by atoms with Gasteiger partial charge in [0.1, 0.15) is 17.3 Å². The molecule has 0 saturated carbocycles. The van der Waals surface area contributed by atoms with Crippen LogP contribution in [0, 0.1) is 11.6 Å². The number of rotatable bonds is 3. The van der Waals surface area contributed by atoms with Crippen molar-refractivity contribution in [1.82, 2.24) is 10.3 Å². The summed E-state index contributed by atoms with van der Waals surface area (Å²) >= 11 is 1.30. The highest BCUT2D eigenvalue weighted by Crippen LogP contribution is 2.08. The molecule has 2 rings (SSSR count). The van der Waals surface area contributed by atoms with E-state index in [-0.39, 0.29) is 12.5 Å². The van der Waals surface area contributed by atoms with Crippen LogP contribution in [0.1, 0.15) is 16.1 Å². The fourth-order valence-corrected chi connectivity index (χ4v) is 1.84. The standard InChI is InChI=1S/C11H8F2N2OS/c12-8-1-7(2-9(13)3-8)4-14-11(16)10-5-17-6-15-10/h1-3,5-6H,4H2,(H,14,16). The van der Waals surface area contributed by atoms with E-state index in [9.17, 15) is 13.6 Å². The summed E-state index contributed by atoms with van der Waals surface area (Å²) in [5, 5.41) is 4.13. The van der Waals surface area contributed by atoms with E-state index >= 15 is 0 Å². The molecule has 0 spiro atoms. The second-order valence-corrected chi connectivity index (χ2v) is 4.05. The summed E-state index contributed by atoms with van der Waals surface area (Å²) < 4.78 is 25.7. The third-order valence-electron chi connectivity index (χ3n) is 2.04. The van der Waals surface area contributed by atoms with Gasteiger partial charge >= 0.3 is 0 Å². The summed E-state index contributed by atoms with van der Waals surface area (Å²) in [6, 6.07) is 3.13. The maximum atomic E-state index is 12.9. The third-order valence-corrected chi connectivity index (χ3v) is 2.63. The SMILES string of the molecule is O=C(NCc1cc(F)cc(F)c1)c1cscn1. The predicted octanol–water partition coefficient (Wildman–Crippen LogP) is 2.35. The maximum absolute atomic E-state index is 12.9. The summed E-state index contributed by atoms with van der Waals surface area (Å²) in [7, 11) is 0. The number of nitrogens with zero attached hydrogens (tertiary/aromatic N) is 1. The zero-order valence-electron chi connectivity index (χ0n) is 8.61.